The van der Waals surface area contributed by atoms with Crippen molar-refractivity contribution in [3.05, 3.63) is 29.7 Å². The second-order valence-corrected chi connectivity index (χ2v) is 4.95. The Hall–Kier alpha value is -1.98. The highest BCUT2D eigenvalue weighted by Crippen LogP contribution is 2.26. The van der Waals surface area contributed by atoms with Crippen LogP contribution in [0.15, 0.2) is 16.8 Å². The summed E-state index contributed by atoms with van der Waals surface area (Å²) in [7, 11) is 0. The Labute approximate surface area is 111 Å². The Kier molecular flexibility index (Phi) is 3.15. The first-order chi connectivity index (χ1) is 9.22. The predicted octanol–water partition coefficient (Wildman–Crippen LogP) is 1.86. The largest absolute Gasteiger partial charge is 0.340 e. The molecule has 1 saturated heterocycles. The summed E-state index contributed by atoms with van der Waals surface area (Å²) in [5.41, 5.74) is 0.988. The lowest BCUT2D eigenvalue weighted by Crippen LogP contribution is -2.36. The number of hydrogen-bond donors (Lipinski definition) is 0. The molecular formula is C13H17N5O. The Balaban J connectivity index is 1.78. The van der Waals surface area contributed by atoms with Gasteiger partial charge in [-0.25, -0.2) is 9.97 Å². The highest BCUT2D eigenvalue weighted by Gasteiger charge is 2.26. The molecule has 0 aliphatic carbocycles. The third kappa shape index (κ3) is 2.57. The van der Waals surface area contributed by atoms with Crippen molar-refractivity contribution in [3.63, 3.8) is 0 Å². The van der Waals surface area contributed by atoms with Crippen LogP contribution in [0.1, 0.15) is 36.2 Å². The van der Waals surface area contributed by atoms with Crippen LogP contribution in [-0.4, -0.2) is 33.2 Å². The van der Waals surface area contributed by atoms with Crippen LogP contribution >= 0.6 is 0 Å². The minimum Gasteiger partial charge on any atom is -0.340 e. The predicted molar refractivity (Wildman–Crippen MR) is 70.0 cm³/mol. The summed E-state index contributed by atoms with van der Waals surface area (Å²) in [6.45, 7) is 5.63. The quantitative estimate of drug-likeness (QED) is 0.820. The number of anilines is 1. The molecule has 1 fully saturated rings. The topological polar surface area (TPSA) is 67.9 Å². The van der Waals surface area contributed by atoms with Gasteiger partial charge in [0.25, 0.3) is 0 Å². The van der Waals surface area contributed by atoms with Gasteiger partial charge in [-0.1, -0.05) is 5.16 Å². The van der Waals surface area contributed by atoms with E-state index in [1.165, 1.54) is 0 Å². The van der Waals surface area contributed by atoms with E-state index in [2.05, 4.69) is 25.0 Å². The molecule has 0 bridgehead atoms. The molecular weight excluding hydrogens is 242 g/mol. The third-order valence-electron chi connectivity index (χ3n) is 3.39. The van der Waals surface area contributed by atoms with Gasteiger partial charge in [-0.15, -0.1) is 0 Å². The van der Waals surface area contributed by atoms with E-state index in [1.807, 2.05) is 19.9 Å². The van der Waals surface area contributed by atoms with Crippen molar-refractivity contribution in [1.82, 2.24) is 20.1 Å². The monoisotopic (exact) mass is 259 g/mol. The molecule has 6 nitrogen and oxygen atoms in total. The molecule has 3 rings (SSSR count). The zero-order valence-electron chi connectivity index (χ0n) is 11.2. The summed E-state index contributed by atoms with van der Waals surface area (Å²) < 4.78 is 5.07. The number of hydrogen-bond acceptors (Lipinski definition) is 6. The first-order valence-electron chi connectivity index (χ1n) is 6.57. The van der Waals surface area contributed by atoms with E-state index >= 15 is 0 Å². The summed E-state index contributed by atoms with van der Waals surface area (Å²) >= 11 is 0. The lowest BCUT2D eigenvalue weighted by molar-refractivity contribution is 0.376. The smallest absolute Gasteiger partial charge is 0.225 e. The highest BCUT2D eigenvalue weighted by molar-refractivity contribution is 5.32. The summed E-state index contributed by atoms with van der Waals surface area (Å²) in [5.74, 6) is 2.52. The molecule has 1 aliphatic heterocycles. The van der Waals surface area contributed by atoms with Gasteiger partial charge in [-0.05, 0) is 25.8 Å². The molecule has 19 heavy (non-hydrogen) atoms. The van der Waals surface area contributed by atoms with Gasteiger partial charge in [0, 0.05) is 37.8 Å². The fourth-order valence-electron chi connectivity index (χ4n) is 2.44. The van der Waals surface area contributed by atoms with Crippen LogP contribution in [0.25, 0.3) is 0 Å². The molecule has 2 aromatic rings. The SMILES string of the molecule is Cc1ccnc(N2CCCC(c3noc(C)n3)C2)n1. The fraction of sp³-hybridized carbons (Fsp3) is 0.538. The van der Waals surface area contributed by atoms with E-state index in [-0.39, 0.29) is 0 Å². The van der Waals surface area contributed by atoms with Crippen molar-refractivity contribution in [3.8, 4) is 0 Å². The summed E-state index contributed by atoms with van der Waals surface area (Å²) in [6, 6.07) is 1.91. The average Bonchev–Trinajstić information content (AvgIpc) is 2.86. The molecule has 3 heterocycles. The van der Waals surface area contributed by atoms with Crippen LogP contribution in [-0.2, 0) is 0 Å². The van der Waals surface area contributed by atoms with Crippen LogP contribution in [0, 0.1) is 13.8 Å². The van der Waals surface area contributed by atoms with Crippen molar-refractivity contribution in [2.45, 2.75) is 32.6 Å². The first-order valence-corrected chi connectivity index (χ1v) is 6.57. The van der Waals surface area contributed by atoms with E-state index in [9.17, 15) is 0 Å². The van der Waals surface area contributed by atoms with Gasteiger partial charge in [0.2, 0.25) is 11.8 Å². The normalized spacial score (nSPS) is 19.7. The Morgan fingerprint density at radius 1 is 1.32 bits per heavy atom. The fourth-order valence-corrected chi connectivity index (χ4v) is 2.44. The van der Waals surface area contributed by atoms with E-state index in [1.54, 1.807) is 6.20 Å². The summed E-state index contributed by atoms with van der Waals surface area (Å²) in [6.07, 6.45) is 3.98. The van der Waals surface area contributed by atoms with Gasteiger partial charge >= 0.3 is 0 Å². The molecule has 0 amide bonds. The molecule has 6 heteroatoms. The van der Waals surface area contributed by atoms with Crippen molar-refractivity contribution in [1.29, 1.82) is 0 Å². The van der Waals surface area contributed by atoms with Gasteiger partial charge in [0.15, 0.2) is 5.82 Å². The summed E-state index contributed by atoms with van der Waals surface area (Å²) in [5, 5.41) is 4.03. The Bertz CT molecular complexity index is 568. The van der Waals surface area contributed by atoms with Crippen molar-refractivity contribution < 1.29 is 4.52 Å². The standard InChI is InChI=1S/C13H17N5O/c1-9-5-6-14-13(15-9)18-7-3-4-11(8-18)12-16-10(2)19-17-12/h5-6,11H,3-4,7-8H2,1-2H3. The maximum Gasteiger partial charge on any atom is 0.225 e. The van der Waals surface area contributed by atoms with Crippen LogP contribution in [0.3, 0.4) is 0 Å². The molecule has 0 spiro atoms. The van der Waals surface area contributed by atoms with E-state index < -0.39 is 0 Å². The van der Waals surface area contributed by atoms with Gasteiger partial charge < -0.3 is 9.42 Å². The van der Waals surface area contributed by atoms with E-state index in [0.717, 1.165) is 43.4 Å². The molecule has 1 aliphatic rings. The molecule has 0 aromatic carbocycles. The number of nitrogens with zero attached hydrogens (tertiary/aromatic N) is 5. The minimum atomic E-state index is 0.301. The number of aromatic nitrogens is 4. The van der Waals surface area contributed by atoms with Crippen molar-refractivity contribution in [2.24, 2.45) is 0 Å². The highest BCUT2D eigenvalue weighted by atomic mass is 16.5. The first kappa shape index (κ1) is 12.1. The zero-order valence-corrected chi connectivity index (χ0v) is 11.2. The Morgan fingerprint density at radius 2 is 2.21 bits per heavy atom. The van der Waals surface area contributed by atoms with Gasteiger partial charge in [-0.2, -0.15) is 4.98 Å². The van der Waals surface area contributed by atoms with Gasteiger partial charge in [-0.3, -0.25) is 0 Å². The van der Waals surface area contributed by atoms with Crippen LogP contribution in [0.5, 0.6) is 0 Å². The van der Waals surface area contributed by atoms with Crippen molar-refractivity contribution in [2.75, 3.05) is 18.0 Å². The number of rotatable bonds is 2. The van der Waals surface area contributed by atoms with Crippen molar-refractivity contribution >= 4 is 5.95 Å². The number of aryl methyl sites for hydroxylation is 2. The minimum absolute atomic E-state index is 0.301. The van der Waals surface area contributed by atoms with Crippen LogP contribution in [0.2, 0.25) is 0 Å². The van der Waals surface area contributed by atoms with Crippen LogP contribution < -0.4 is 4.90 Å². The molecule has 0 N–H and O–H groups in total. The molecule has 100 valence electrons. The lowest BCUT2D eigenvalue weighted by Gasteiger charge is -2.31. The molecule has 0 saturated carbocycles. The molecule has 1 unspecified atom stereocenters. The maximum atomic E-state index is 5.07. The maximum absolute atomic E-state index is 5.07. The molecule has 1 atom stereocenters. The average molecular weight is 259 g/mol. The van der Waals surface area contributed by atoms with Gasteiger partial charge in [0.1, 0.15) is 0 Å². The van der Waals surface area contributed by atoms with E-state index in [0.29, 0.717) is 11.8 Å². The van der Waals surface area contributed by atoms with Gasteiger partial charge in [0.05, 0.1) is 0 Å². The molecule has 0 radical (unpaired) electrons. The van der Waals surface area contributed by atoms with Crippen LogP contribution in [0.4, 0.5) is 5.95 Å². The second kappa shape index (κ2) is 4.95. The lowest BCUT2D eigenvalue weighted by atomic mass is 9.98. The number of piperidine rings is 1. The third-order valence-corrected chi connectivity index (χ3v) is 3.39. The zero-order chi connectivity index (χ0) is 13.2. The second-order valence-electron chi connectivity index (χ2n) is 4.95. The van der Waals surface area contributed by atoms with E-state index in [4.69, 9.17) is 4.52 Å². The Morgan fingerprint density at radius 3 is 2.95 bits per heavy atom. The molecule has 2 aromatic heterocycles. The summed E-state index contributed by atoms with van der Waals surface area (Å²) in [4.78, 5) is 15.4.